The highest BCUT2D eigenvalue weighted by Gasteiger charge is 2.20. The van der Waals surface area contributed by atoms with Gasteiger partial charge in [-0.3, -0.25) is 24.2 Å². The maximum atomic E-state index is 10.2. The van der Waals surface area contributed by atoms with Crippen LogP contribution in [0.3, 0.4) is 0 Å². The summed E-state index contributed by atoms with van der Waals surface area (Å²) in [6.45, 7) is 8.93. The van der Waals surface area contributed by atoms with Gasteiger partial charge in [0.25, 0.3) is 0 Å². The predicted molar refractivity (Wildman–Crippen MR) is 144 cm³/mol. The summed E-state index contributed by atoms with van der Waals surface area (Å²) in [6, 6.07) is -2.48. The number of aliphatic imine (C=N–C) groups is 1. The van der Waals surface area contributed by atoms with Crippen molar-refractivity contribution in [3.8, 4) is 0 Å². The summed E-state index contributed by atoms with van der Waals surface area (Å²) in [6.07, 6.45) is 4.10. The number of nitrogens with two attached hydrogens (primary N) is 5. The van der Waals surface area contributed by atoms with Gasteiger partial charge in [0.2, 0.25) is 0 Å². The Labute approximate surface area is 224 Å². The van der Waals surface area contributed by atoms with E-state index in [1.165, 1.54) is 0 Å². The zero-order valence-corrected chi connectivity index (χ0v) is 22.9. The molecule has 0 saturated carbocycles. The summed E-state index contributed by atoms with van der Waals surface area (Å²) < 4.78 is 0. The van der Waals surface area contributed by atoms with E-state index in [0.29, 0.717) is 31.7 Å². The van der Waals surface area contributed by atoms with Gasteiger partial charge in [-0.15, -0.1) is 0 Å². The van der Waals surface area contributed by atoms with E-state index < -0.39 is 42.0 Å². The normalized spacial score (nSPS) is 17.0. The van der Waals surface area contributed by atoms with E-state index in [9.17, 15) is 19.2 Å². The lowest BCUT2D eigenvalue weighted by Crippen LogP contribution is -2.36. The molecule has 5 atom stereocenters. The summed E-state index contributed by atoms with van der Waals surface area (Å²) in [7, 11) is 0. The highest BCUT2D eigenvalue weighted by atomic mass is 16.4. The van der Waals surface area contributed by atoms with E-state index in [2.05, 4.69) is 10.3 Å². The smallest absolute Gasteiger partial charge is 0.320 e. The van der Waals surface area contributed by atoms with Crippen LogP contribution >= 0.6 is 0 Å². The highest BCUT2D eigenvalue weighted by molar-refractivity contribution is 5.76. The minimum atomic E-state index is -1.00. The van der Waals surface area contributed by atoms with Crippen molar-refractivity contribution in [3.63, 3.8) is 0 Å². The highest BCUT2D eigenvalue weighted by Crippen LogP contribution is 2.04. The second-order valence-electron chi connectivity index (χ2n) is 9.20. The van der Waals surface area contributed by atoms with Crippen LogP contribution in [0.15, 0.2) is 4.99 Å². The van der Waals surface area contributed by atoms with Gasteiger partial charge in [0.1, 0.15) is 24.2 Å². The Morgan fingerprint density at radius 2 is 1.45 bits per heavy atom. The number of hydrogen-bond donors (Lipinski definition) is 10. The van der Waals surface area contributed by atoms with Crippen LogP contribution in [0, 0.1) is 11.8 Å². The van der Waals surface area contributed by atoms with Crippen molar-refractivity contribution in [2.24, 2.45) is 45.5 Å². The van der Waals surface area contributed by atoms with Gasteiger partial charge >= 0.3 is 23.9 Å². The summed E-state index contributed by atoms with van der Waals surface area (Å²) in [5.74, 6) is -3.10. The SMILES string of the molecule is CC(C)C[C@H](N)C(=O)O.CC[C@H](C)[C@H](N)C(=O)O.NC(N)=NCCC[C@H](N)C(=O)O.O=C(O)[C@@H]1CCCN1. The lowest BCUT2D eigenvalue weighted by Gasteiger charge is -2.11. The van der Waals surface area contributed by atoms with E-state index >= 15 is 0 Å². The second-order valence-corrected chi connectivity index (χ2v) is 9.20. The van der Waals surface area contributed by atoms with Crippen LogP contribution < -0.4 is 34.0 Å². The van der Waals surface area contributed by atoms with Crippen LogP contribution in [-0.4, -0.2) is 87.5 Å². The summed E-state index contributed by atoms with van der Waals surface area (Å²) >= 11 is 0. The molecule has 0 unspecified atom stereocenters. The molecule has 0 amide bonds. The summed E-state index contributed by atoms with van der Waals surface area (Å²) in [5, 5.41) is 36.3. The molecule has 0 radical (unpaired) electrons. The Hall–Kier alpha value is -3.01. The molecule has 0 aliphatic carbocycles. The van der Waals surface area contributed by atoms with E-state index in [4.69, 9.17) is 49.1 Å². The van der Waals surface area contributed by atoms with E-state index in [-0.39, 0.29) is 17.9 Å². The first-order valence-electron chi connectivity index (χ1n) is 12.4. The van der Waals surface area contributed by atoms with Crippen molar-refractivity contribution in [2.75, 3.05) is 13.1 Å². The first-order valence-corrected chi connectivity index (χ1v) is 12.4. The Balaban J connectivity index is -0.000000435. The number of rotatable bonds is 12. The predicted octanol–water partition coefficient (Wildman–Crippen LogP) is -0.836. The first kappa shape index (κ1) is 39.5. The topological polar surface area (TPSA) is 304 Å². The molecule has 1 aliphatic heterocycles. The monoisotopic (exact) mass is 551 g/mol. The van der Waals surface area contributed by atoms with Crippen LogP contribution in [0.25, 0.3) is 0 Å². The maximum absolute atomic E-state index is 10.2. The Morgan fingerprint density at radius 1 is 0.921 bits per heavy atom. The van der Waals surface area contributed by atoms with Crippen molar-refractivity contribution in [3.05, 3.63) is 0 Å². The molecule has 0 bridgehead atoms. The zero-order chi connectivity index (χ0) is 30.4. The minimum absolute atomic E-state index is 0.0129. The van der Waals surface area contributed by atoms with Gasteiger partial charge in [-0.05, 0) is 50.5 Å². The van der Waals surface area contributed by atoms with E-state index in [0.717, 1.165) is 25.8 Å². The van der Waals surface area contributed by atoms with Gasteiger partial charge in [0.15, 0.2) is 5.96 Å². The van der Waals surface area contributed by atoms with Gasteiger partial charge in [0, 0.05) is 6.54 Å². The third-order valence-electron chi connectivity index (χ3n) is 5.23. The zero-order valence-electron chi connectivity index (χ0n) is 22.9. The average molecular weight is 552 g/mol. The first-order chi connectivity index (χ1) is 17.5. The van der Waals surface area contributed by atoms with Crippen molar-refractivity contribution in [2.45, 2.75) is 90.4 Å². The average Bonchev–Trinajstić information content (AvgIpc) is 3.36. The molecule has 1 fully saturated rings. The largest absolute Gasteiger partial charge is 0.480 e. The Morgan fingerprint density at radius 3 is 1.68 bits per heavy atom. The number of carboxylic acid groups (broad SMARTS) is 4. The van der Waals surface area contributed by atoms with Crippen molar-refractivity contribution < 1.29 is 39.6 Å². The Bertz CT molecular complexity index is 712. The maximum Gasteiger partial charge on any atom is 0.320 e. The quantitative estimate of drug-likeness (QED) is 0.0803. The number of aliphatic carboxylic acids is 4. The van der Waals surface area contributed by atoms with Crippen LogP contribution in [0.5, 0.6) is 0 Å². The van der Waals surface area contributed by atoms with Gasteiger partial charge in [-0.25, -0.2) is 0 Å². The second kappa shape index (κ2) is 23.1. The molecule has 0 spiro atoms. The van der Waals surface area contributed by atoms with Crippen molar-refractivity contribution in [1.29, 1.82) is 0 Å². The van der Waals surface area contributed by atoms with Gasteiger partial charge in [0.05, 0.1) is 0 Å². The molecule has 0 aromatic rings. The molecule has 15 N–H and O–H groups in total. The molecule has 38 heavy (non-hydrogen) atoms. The number of nitrogens with one attached hydrogen (secondary N) is 1. The fourth-order valence-corrected chi connectivity index (χ4v) is 2.64. The lowest BCUT2D eigenvalue weighted by molar-refractivity contribution is -0.140. The van der Waals surface area contributed by atoms with Crippen LogP contribution in [0.2, 0.25) is 0 Å². The fourth-order valence-electron chi connectivity index (χ4n) is 2.64. The molecule has 1 heterocycles. The number of hydrogen-bond acceptors (Lipinski definition) is 9. The molecular weight excluding hydrogens is 502 g/mol. The molecule has 1 saturated heterocycles. The summed E-state index contributed by atoms with van der Waals surface area (Å²) in [4.78, 5) is 44.3. The van der Waals surface area contributed by atoms with Crippen LogP contribution in [0.1, 0.15) is 66.2 Å². The third kappa shape index (κ3) is 24.7. The minimum Gasteiger partial charge on any atom is -0.480 e. The molecule has 224 valence electrons. The van der Waals surface area contributed by atoms with Crippen LogP contribution in [-0.2, 0) is 19.2 Å². The van der Waals surface area contributed by atoms with Gasteiger partial charge < -0.3 is 54.4 Å². The van der Waals surface area contributed by atoms with E-state index in [1.807, 2.05) is 27.7 Å². The van der Waals surface area contributed by atoms with Crippen molar-refractivity contribution >= 4 is 29.8 Å². The molecular formula is C23H49N7O8. The number of guanidine groups is 1. The fraction of sp³-hybridized carbons (Fsp3) is 0.783. The molecule has 15 nitrogen and oxygen atoms in total. The molecule has 0 aromatic carbocycles. The molecule has 0 aromatic heterocycles. The van der Waals surface area contributed by atoms with Crippen molar-refractivity contribution in [1.82, 2.24) is 5.32 Å². The molecule has 15 heteroatoms. The van der Waals surface area contributed by atoms with Gasteiger partial charge in [-0.2, -0.15) is 0 Å². The summed E-state index contributed by atoms with van der Waals surface area (Å²) in [5.41, 5.74) is 25.8. The standard InChI is InChI=1S/C6H14N4O2.2C6H13NO2.C5H9NO2/c7-4(5(11)12)2-1-3-10-6(8)9;1-4(2)3-5(7)6(8)9;1-3-4(2)5(7)6(8)9;7-5(8)4-2-1-3-6-4/h4H,1-3,7H2,(H,11,12)(H4,8,9,10);2*4-5H,3,7H2,1-2H3,(H,8,9);4,6H,1-3H2,(H,7,8)/t4-;5-;4-,5-;4-/m0000/s1. The van der Waals surface area contributed by atoms with E-state index in [1.54, 1.807) is 0 Å². The molecule has 1 aliphatic rings. The van der Waals surface area contributed by atoms with Crippen LogP contribution in [0.4, 0.5) is 0 Å². The molecule has 1 rings (SSSR count). The Kier molecular flexibility index (Phi) is 24.0. The number of carbonyl (C=O) groups is 4. The lowest BCUT2D eigenvalue weighted by atomic mass is 10.0. The van der Waals surface area contributed by atoms with Gasteiger partial charge in [-0.1, -0.05) is 34.1 Å². The number of nitrogens with zero attached hydrogens (tertiary/aromatic N) is 1. The third-order valence-corrected chi connectivity index (χ3v) is 5.23. The number of carboxylic acids is 4.